The summed E-state index contributed by atoms with van der Waals surface area (Å²) in [5.74, 6) is -1.67. The molecular formula is C22H23BrN2O4. The van der Waals surface area contributed by atoms with E-state index in [0.717, 1.165) is 26.9 Å². The Labute approximate surface area is 178 Å². The molecular weight excluding hydrogens is 436 g/mol. The fraction of sp³-hybridized carbons (Fsp3) is 0.318. The first-order valence-electron chi connectivity index (χ1n) is 9.35. The lowest BCUT2D eigenvalue weighted by Crippen LogP contribution is -2.28. The first-order chi connectivity index (χ1) is 13.7. The molecule has 0 radical (unpaired) electrons. The Bertz CT molecular complexity index is 973. The molecule has 1 fully saturated rings. The monoisotopic (exact) mass is 458 g/mol. The van der Waals surface area contributed by atoms with Crippen molar-refractivity contribution in [3.63, 3.8) is 0 Å². The third kappa shape index (κ3) is 5.03. The van der Waals surface area contributed by atoms with Crippen LogP contribution in [0.3, 0.4) is 0 Å². The number of aryl methyl sites for hydroxylation is 3. The van der Waals surface area contributed by atoms with Crippen LogP contribution in [0.25, 0.3) is 0 Å². The Balaban J connectivity index is 1.55. The summed E-state index contributed by atoms with van der Waals surface area (Å²) in [7, 11) is 0. The molecule has 1 N–H and O–H groups in total. The predicted molar refractivity (Wildman–Crippen MR) is 115 cm³/mol. The summed E-state index contributed by atoms with van der Waals surface area (Å²) >= 11 is 3.39. The Kier molecular flexibility index (Phi) is 6.37. The zero-order valence-corrected chi connectivity index (χ0v) is 18.2. The van der Waals surface area contributed by atoms with Gasteiger partial charge in [0.05, 0.1) is 11.6 Å². The number of rotatable bonds is 5. The van der Waals surface area contributed by atoms with Crippen molar-refractivity contribution in [2.75, 3.05) is 23.4 Å². The van der Waals surface area contributed by atoms with E-state index in [1.54, 1.807) is 11.0 Å². The number of hydrogen-bond donors (Lipinski definition) is 1. The molecule has 0 bridgehead atoms. The molecule has 1 atom stereocenters. The van der Waals surface area contributed by atoms with Gasteiger partial charge < -0.3 is 15.0 Å². The second-order valence-electron chi connectivity index (χ2n) is 7.31. The number of carbonyl (C=O) groups is 3. The number of esters is 1. The fourth-order valence-electron chi connectivity index (χ4n) is 3.17. The van der Waals surface area contributed by atoms with E-state index in [-0.39, 0.29) is 18.9 Å². The van der Waals surface area contributed by atoms with E-state index in [9.17, 15) is 14.4 Å². The first-order valence-corrected chi connectivity index (χ1v) is 10.1. The largest absolute Gasteiger partial charge is 0.455 e. The maximum absolute atomic E-state index is 12.4. The Morgan fingerprint density at radius 2 is 1.90 bits per heavy atom. The van der Waals surface area contributed by atoms with Crippen LogP contribution in [0.15, 0.2) is 40.9 Å². The number of halogens is 1. The average molecular weight is 459 g/mol. The second kappa shape index (κ2) is 8.78. The Morgan fingerprint density at radius 1 is 1.14 bits per heavy atom. The highest BCUT2D eigenvalue weighted by Gasteiger charge is 2.36. The van der Waals surface area contributed by atoms with Crippen molar-refractivity contribution in [3.05, 3.63) is 57.6 Å². The maximum Gasteiger partial charge on any atom is 0.311 e. The minimum Gasteiger partial charge on any atom is -0.455 e. The molecule has 3 rings (SSSR count). The third-order valence-electron chi connectivity index (χ3n) is 5.00. The normalized spacial score (nSPS) is 16.1. The maximum atomic E-state index is 12.4. The summed E-state index contributed by atoms with van der Waals surface area (Å²) < 4.78 is 5.91. The van der Waals surface area contributed by atoms with Crippen LogP contribution in [0.5, 0.6) is 0 Å². The second-order valence-corrected chi connectivity index (χ2v) is 8.17. The van der Waals surface area contributed by atoms with Crippen LogP contribution >= 0.6 is 15.9 Å². The van der Waals surface area contributed by atoms with Crippen molar-refractivity contribution in [1.82, 2.24) is 0 Å². The van der Waals surface area contributed by atoms with E-state index in [1.165, 1.54) is 0 Å². The summed E-state index contributed by atoms with van der Waals surface area (Å²) in [4.78, 5) is 38.4. The molecule has 7 heteroatoms. The molecule has 0 spiro atoms. The van der Waals surface area contributed by atoms with E-state index < -0.39 is 24.4 Å². The number of anilines is 2. The zero-order chi connectivity index (χ0) is 21.1. The number of nitrogens with one attached hydrogen (secondary N) is 1. The van der Waals surface area contributed by atoms with E-state index in [0.29, 0.717) is 5.69 Å². The lowest BCUT2D eigenvalue weighted by Gasteiger charge is -2.17. The third-order valence-corrected chi connectivity index (χ3v) is 5.66. The van der Waals surface area contributed by atoms with Gasteiger partial charge in [-0.15, -0.1) is 0 Å². The number of amides is 2. The summed E-state index contributed by atoms with van der Waals surface area (Å²) in [6, 6.07) is 11.3. The molecule has 2 aromatic rings. The SMILES string of the molecule is Cc1ccc(NC(=O)COC(=O)C2CC(=O)N(c3ccc(C)c(C)c3)C2)c(Br)c1. The van der Waals surface area contributed by atoms with Gasteiger partial charge in [-0.05, 0) is 77.7 Å². The first kappa shape index (κ1) is 21.0. The molecule has 0 aromatic heterocycles. The summed E-state index contributed by atoms with van der Waals surface area (Å²) in [5.41, 5.74) is 4.66. The number of benzene rings is 2. The van der Waals surface area contributed by atoms with E-state index in [1.807, 2.05) is 51.1 Å². The van der Waals surface area contributed by atoms with Gasteiger partial charge in [0.1, 0.15) is 0 Å². The molecule has 29 heavy (non-hydrogen) atoms. The summed E-state index contributed by atoms with van der Waals surface area (Å²) in [5, 5.41) is 2.70. The quantitative estimate of drug-likeness (QED) is 0.689. The van der Waals surface area contributed by atoms with Crippen molar-refractivity contribution < 1.29 is 19.1 Å². The van der Waals surface area contributed by atoms with Crippen LogP contribution in [-0.2, 0) is 19.1 Å². The number of carbonyl (C=O) groups excluding carboxylic acids is 3. The number of hydrogen-bond acceptors (Lipinski definition) is 4. The number of ether oxygens (including phenoxy) is 1. The molecule has 152 valence electrons. The standard InChI is InChI=1S/C22H23BrN2O4/c1-13-4-7-19(18(23)8-13)24-20(26)12-29-22(28)16-10-21(27)25(11-16)17-6-5-14(2)15(3)9-17/h4-9,16H,10-12H2,1-3H3,(H,24,26). The molecule has 1 aliphatic rings. The summed E-state index contributed by atoms with van der Waals surface area (Å²) in [6.07, 6.45) is 0.0802. The van der Waals surface area contributed by atoms with Crippen LogP contribution in [0, 0.1) is 26.7 Å². The smallest absolute Gasteiger partial charge is 0.311 e. The average Bonchev–Trinajstić information content (AvgIpc) is 3.06. The molecule has 2 amide bonds. The van der Waals surface area contributed by atoms with Gasteiger partial charge in [-0.3, -0.25) is 14.4 Å². The van der Waals surface area contributed by atoms with Gasteiger partial charge in [0.2, 0.25) is 5.91 Å². The highest BCUT2D eigenvalue weighted by atomic mass is 79.9. The number of nitrogens with zero attached hydrogens (tertiary/aromatic N) is 1. The van der Waals surface area contributed by atoms with Crippen molar-refractivity contribution >= 4 is 45.1 Å². The lowest BCUT2D eigenvalue weighted by atomic mass is 10.1. The summed E-state index contributed by atoms with van der Waals surface area (Å²) in [6.45, 7) is 5.79. The fourth-order valence-corrected chi connectivity index (χ4v) is 3.76. The van der Waals surface area contributed by atoms with Crippen molar-refractivity contribution in [1.29, 1.82) is 0 Å². The van der Waals surface area contributed by atoms with Crippen LogP contribution < -0.4 is 10.2 Å². The minimum absolute atomic E-state index is 0.0802. The van der Waals surface area contributed by atoms with Crippen molar-refractivity contribution in [2.24, 2.45) is 5.92 Å². The van der Waals surface area contributed by atoms with E-state index in [2.05, 4.69) is 21.2 Å². The lowest BCUT2D eigenvalue weighted by molar-refractivity contribution is -0.151. The van der Waals surface area contributed by atoms with E-state index >= 15 is 0 Å². The van der Waals surface area contributed by atoms with E-state index in [4.69, 9.17) is 4.74 Å². The molecule has 1 saturated heterocycles. The van der Waals surface area contributed by atoms with Crippen LogP contribution in [-0.4, -0.2) is 30.9 Å². The van der Waals surface area contributed by atoms with Gasteiger partial charge in [0, 0.05) is 23.1 Å². The van der Waals surface area contributed by atoms with Gasteiger partial charge in [0.15, 0.2) is 6.61 Å². The molecule has 6 nitrogen and oxygen atoms in total. The van der Waals surface area contributed by atoms with Gasteiger partial charge in [-0.25, -0.2) is 0 Å². The van der Waals surface area contributed by atoms with Crippen molar-refractivity contribution in [3.8, 4) is 0 Å². The molecule has 0 aliphatic carbocycles. The predicted octanol–water partition coefficient (Wildman–Crippen LogP) is 3.91. The minimum atomic E-state index is -0.581. The Hall–Kier alpha value is -2.67. The van der Waals surface area contributed by atoms with Gasteiger partial charge >= 0.3 is 5.97 Å². The van der Waals surface area contributed by atoms with Crippen LogP contribution in [0.2, 0.25) is 0 Å². The zero-order valence-electron chi connectivity index (χ0n) is 16.6. The highest BCUT2D eigenvalue weighted by Crippen LogP contribution is 2.27. The molecule has 1 unspecified atom stereocenters. The topological polar surface area (TPSA) is 75.7 Å². The molecule has 1 aliphatic heterocycles. The van der Waals surface area contributed by atoms with Crippen molar-refractivity contribution in [2.45, 2.75) is 27.2 Å². The van der Waals surface area contributed by atoms with Crippen LogP contribution in [0.1, 0.15) is 23.1 Å². The molecule has 1 heterocycles. The Morgan fingerprint density at radius 3 is 2.59 bits per heavy atom. The van der Waals surface area contributed by atoms with Gasteiger partial charge in [-0.2, -0.15) is 0 Å². The van der Waals surface area contributed by atoms with Gasteiger partial charge in [-0.1, -0.05) is 12.1 Å². The van der Waals surface area contributed by atoms with Gasteiger partial charge in [0.25, 0.3) is 5.91 Å². The highest BCUT2D eigenvalue weighted by molar-refractivity contribution is 9.10. The van der Waals surface area contributed by atoms with Crippen LogP contribution in [0.4, 0.5) is 11.4 Å². The molecule has 0 saturated carbocycles. The molecule has 2 aromatic carbocycles.